The average molecular weight is 312 g/mol. The molecule has 0 aliphatic carbocycles. The van der Waals surface area contributed by atoms with Gasteiger partial charge in [0.1, 0.15) is 12.4 Å². The highest BCUT2D eigenvalue weighted by atomic mass is 16.5. The standard InChI is InChI=1S/C23H20O/c1-3-18-11-8-12-21(15-18)22-14-13-19(4-2)16-23(22)24-17-20-9-6-5-7-10-20/h2,5-16H,3,17H2,1H3. The molecule has 0 saturated heterocycles. The van der Waals surface area contributed by atoms with Crippen molar-refractivity contribution in [2.45, 2.75) is 20.0 Å². The van der Waals surface area contributed by atoms with Gasteiger partial charge in [-0.05, 0) is 41.3 Å². The van der Waals surface area contributed by atoms with Crippen LogP contribution in [-0.2, 0) is 13.0 Å². The first-order chi connectivity index (χ1) is 11.8. The van der Waals surface area contributed by atoms with E-state index in [1.54, 1.807) is 0 Å². The molecule has 118 valence electrons. The summed E-state index contributed by atoms with van der Waals surface area (Å²) in [6.07, 6.45) is 6.57. The molecule has 3 aromatic rings. The van der Waals surface area contributed by atoms with Crippen LogP contribution in [0.5, 0.6) is 5.75 Å². The third-order valence-corrected chi connectivity index (χ3v) is 4.03. The van der Waals surface area contributed by atoms with E-state index >= 15 is 0 Å². The number of hydrogen-bond acceptors (Lipinski definition) is 1. The maximum Gasteiger partial charge on any atom is 0.128 e. The van der Waals surface area contributed by atoms with E-state index in [2.05, 4.69) is 49.2 Å². The van der Waals surface area contributed by atoms with Gasteiger partial charge >= 0.3 is 0 Å². The number of aryl methyl sites for hydroxylation is 1. The number of ether oxygens (including phenoxy) is 1. The Morgan fingerprint density at radius 3 is 2.42 bits per heavy atom. The second-order valence-corrected chi connectivity index (χ2v) is 5.68. The second-order valence-electron chi connectivity index (χ2n) is 5.68. The third kappa shape index (κ3) is 3.67. The van der Waals surface area contributed by atoms with Crippen molar-refractivity contribution < 1.29 is 4.74 Å². The molecule has 0 saturated carbocycles. The fourth-order valence-electron chi connectivity index (χ4n) is 2.66. The van der Waals surface area contributed by atoms with Crippen LogP contribution >= 0.6 is 0 Å². The van der Waals surface area contributed by atoms with E-state index in [1.165, 1.54) is 5.56 Å². The Bertz CT molecular complexity index is 857. The van der Waals surface area contributed by atoms with Crippen LogP contribution in [0.3, 0.4) is 0 Å². The molecular weight excluding hydrogens is 292 g/mol. The van der Waals surface area contributed by atoms with Crippen LogP contribution in [0, 0.1) is 12.3 Å². The summed E-state index contributed by atoms with van der Waals surface area (Å²) in [5.74, 6) is 3.51. The van der Waals surface area contributed by atoms with Gasteiger partial charge < -0.3 is 4.74 Å². The summed E-state index contributed by atoms with van der Waals surface area (Å²) in [6.45, 7) is 2.68. The fourth-order valence-corrected chi connectivity index (χ4v) is 2.66. The predicted molar refractivity (Wildman–Crippen MR) is 100.0 cm³/mol. The molecular formula is C23H20O. The SMILES string of the molecule is C#Cc1ccc(-c2cccc(CC)c2)c(OCc2ccccc2)c1. The Kier molecular flexibility index (Phi) is 4.99. The van der Waals surface area contributed by atoms with E-state index < -0.39 is 0 Å². The van der Waals surface area contributed by atoms with Crippen molar-refractivity contribution in [3.8, 4) is 29.2 Å². The molecule has 24 heavy (non-hydrogen) atoms. The first-order valence-corrected chi connectivity index (χ1v) is 8.17. The lowest BCUT2D eigenvalue weighted by molar-refractivity contribution is 0.307. The summed E-state index contributed by atoms with van der Waals surface area (Å²) in [5.41, 5.74) is 5.49. The van der Waals surface area contributed by atoms with Crippen LogP contribution < -0.4 is 4.74 Å². The van der Waals surface area contributed by atoms with Crippen molar-refractivity contribution in [2.75, 3.05) is 0 Å². The van der Waals surface area contributed by atoms with Gasteiger partial charge in [-0.2, -0.15) is 0 Å². The van der Waals surface area contributed by atoms with Crippen molar-refractivity contribution in [3.05, 3.63) is 89.5 Å². The maximum atomic E-state index is 6.10. The summed E-state index contributed by atoms with van der Waals surface area (Å²) in [7, 11) is 0. The fraction of sp³-hybridized carbons (Fsp3) is 0.130. The summed E-state index contributed by atoms with van der Waals surface area (Å²) in [6, 6.07) is 24.7. The summed E-state index contributed by atoms with van der Waals surface area (Å²) in [5, 5.41) is 0. The monoisotopic (exact) mass is 312 g/mol. The zero-order valence-electron chi connectivity index (χ0n) is 13.8. The number of terminal acetylenes is 1. The minimum atomic E-state index is 0.523. The van der Waals surface area contributed by atoms with E-state index in [0.717, 1.165) is 34.4 Å². The minimum Gasteiger partial charge on any atom is -0.488 e. The van der Waals surface area contributed by atoms with E-state index in [-0.39, 0.29) is 0 Å². The number of hydrogen-bond donors (Lipinski definition) is 0. The molecule has 0 bridgehead atoms. The van der Waals surface area contributed by atoms with Gasteiger partial charge in [-0.15, -0.1) is 6.42 Å². The molecule has 0 radical (unpaired) electrons. The lowest BCUT2D eigenvalue weighted by Crippen LogP contribution is -1.97. The van der Waals surface area contributed by atoms with Crippen molar-refractivity contribution in [1.29, 1.82) is 0 Å². The van der Waals surface area contributed by atoms with Crippen molar-refractivity contribution in [2.24, 2.45) is 0 Å². The van der Waals surface area contributed by atoms with Crippen LogP contribution in [0.4, 0.5) is 0 Å². The van der Waals surface area contributed by atoms with Crippen LogP contribution in [0.1, 0.15) is 23.6 Å². The molecule has 1 nitrogen and oxygen atoms in total. The van der Waals surface area contributed by atoms with Gasteiger partial charge in [-0.1, -0.05) is 67.4 Å². The molecule has 0 fully saturated rings. The zero-order chi connectivity index (χ0) is 16.8. The maximum absolute atomic E-state index is 6.10. The molecule has 0 heterocycles. The van der Waals surface area contributed by atoms with Gasteiger partial charge in [0.2, 0.25) is 0 Å². The smallest absolute Gasteiger partial charge is 0.128 e. The Hall–Kier alpha value is -2.98. The highest BCUT2D eigenvalue weighted by molar-refractivity contribution is 5.72. The van der Waals surface area contributed by atoms with Gasteiger partial charge in [0, 0.05) is 11.1 Å². The third-order valence-electron chi connectivity index (χ3n) is 4.03. The van der Waals surface area contributed by atoms with Crippen LogP contribution in [0.25, 0.3) is 11.1 Å². The highest BCUT2D eigenvalue weighted by Gasteiger charge is 2.08. The number of rotatable bonds is 5. The van der Waals surface area contributed by atoms with E-state index in [1.807, 2.05) is 36.4 Å². The van der Waals surface area contributed by atoms with E-state index in [9.17, 15) is 0 Å². The lowest BCUT2D eigenvalue weighted by atomic mass is 10.00. The van der Waals surface area contributed by atoms with E-state index in [4.69, 9.17) is 11.2 Å². The molecule has 3 rings (SSSR count). The average Bonchev–Trinajstić information content (AvgIpc) is 2.67. The van der Waals surface area contributed by atoms with Gasteiger partial charge in [-0.25, -0.2) is 0 Å². The first kappa shape index (κ1) is 15.9. The Morgan fingerprint density at radius 2 is 1.67 bits per heavy atom. The largest absolute Gasteiger partial charge is 0.488 e. The van der Waals surface area contributed by atoms with Crippen molar-refractivity contribution in [3.63, 3.8) is 0 Å². The molecule has 1 heteroatoms. The molecule has 0 aromatic heterocycles. The van der Waals surface area contributed by atoms with Crippen molar-refractivity contribution >= 4 is 0 Å². The van der Waals surface area contributed by atoms with E-state index in [0.29, 0.717) is 6.61 Å². The molecule has 0 atom stereocenters. The zero-order valence-corrected chi connectivity index (χ0v) is 13.8. The molecule has 3 aromatic carbocycles. The van der Waals surface area contributed by atoms with Gasteiger partial charge in [0.15, 0.2) is 0 Å². The van der Waals surface area contributed by atoms with Gasteiger partial charge in [-0.3, -0.25) is 0 Å². The van der Waals surface area contributed by atoms with Crippen LogP contribution in [0.2, 0.25) is 0 Å². The predicted octanol–water partition coefficient (Wildman–Crippen LogP) is 5.48. The quantitative estimate of drug-likeness (QED) is 0.567. The van der Waals surface area contributed by atoms with Crippen LogP contribution in [0.15, 0.2) is 72.8 Å². The minimum absolute atomic E-state index is 0.523. The first-order valence-electron chi connectivity index (χ1n) is 8.17. The van der Waals surface area contributed by atoms with Gasteiger partial charge in [0.05, 0.1) is 0 Å². The molecule has 0 aliphatic heterocycles. The second kappa shape index (κ2) is 7.53. The Morgan fingerprint density at radius 1 is 0.875 bits per heavy atom. The molecule has 0 N–H and O–H groups in total. The number of benzene rings is 3. The summed E-state index contributed by atoms with van der Waals surface area (Å²) < 4.78 is 6.10. The summed E-state index contributed by atoms with van der Waals surface area (Å²) in [4.78, 5) is 0. The Balaban J connectivity index is 1.95. The highest BCUT2D eigenvalue weighted by Crippen LogP contribution is 2.32. The molecule has 0 unspecified atom stereocenters. The van der Waals surface area contributed by atoms with Crippen molar-refractivity contribution in [1.82, 2.24) is 0 Å². The normalized spacial score (nSPS) is 10.2. The van der Waals surface area contributed by atoms with Crippen LogP contribution in [-0.4, -0.2) is 0 Å². The molecule has 0 spiro atoms. The topological polar surface area (TPSA) is 9.23 Å². The molecule has 0 aliphatic rings. The lowest BCUT2D eigenvalue weighted by Gasteiger charge is -2.13. The molecule has 0 amide bonds. The summed E-state index contributed by atoms with van der Waals surface area (Å²) >= 11 is 0. The van der Waals surface area contributed by atoms with Gasteiger partial charge in [0.25, 0.3) is 0 Å². The Labute approximate surface area is 143 Å².